The number of nitrogens with one attached hydrogen (secondary N) is 1. The van der Waals surface area contributed by atoms with E-state index in [0.29, 0.717) is 18.7 Å². The number of ether oxygens (including phenoxy) is 2. The number of halogens is 1. The standard InChI is InChI=1S/C34H37FN2O3.C2H6/c1-23(2)31-30(33(38)36-27-13-9-6-10-14-27)29(24-11-7-5-8-12-24)32(25-15-17-26(35)18-16-25)37(31)21-19-28-20-22-39-34(3,4)40-28;1-2/h5-18,23,28H,19-22H2,1-4H3,(H,36,38);1-2H3/t28-;/m1./s1. The third kappa shape index (κ3) is 7.18. The molecular formula is C36H43FN2O3. The lowest BCUT2D eigenvalue weighted by atomic mass is 9.94. The van der Waals surface area contributed by atoms with E-state index in [0.717, 1.165) is 46.6 Å². The Morgan fingerprint density at radius 2 is 1.57 bits per heavy atom. The van der Waals surface area contributed by atoms with Crippen LogP contribution in [0.2, 0.25) is 0 Å². The Balaban J connectivity index is 0.00000198. The van der Waals surface area contributed by atoms with Crippen LogP contribution in [0.4, 0.5) is 10.1 Å². The number of para-hydroxylation sites is 1. The van der Waals surface area contributed by atoms with E-state index in [4.69, 9.17) is 9.47 Å². The van der Waals surface area contributed by atoms with Crippen molar-refractivity contribution in [3.05, 3.63) is 102 Å². The third-order valence-electron chi connectivity index (χ3n) is 7.30. The molecule has 0 unspecified atom stereocenters. The van der Waals surface area contributed by atoms with Gasteiger partial charge in [-0.1, -0.05) is 76.2 Å². The molecule has 42 heavy (non-hydrogen) atoms. The van der Waals surface area contributed by atoms with Gasteiger partial charge in [0.2, 0.25) is 0 Å². The zero-order valence-corrected chi connectivity index (χ0v) is 25.6. The number of rotatable bonds is 8. The second kappa shape index (κ2) is 14.0. The van der Waals surface area contributed by atoms with Gasteiger partial charge in [0.25, 0.3) is 5.91 Å². The number of anilines is 1. The molecule has 0 aliphatic carbocycles. The van der Waals surface area contributed by atoms with Gasteiger partial charge >= 0.3 is 0 Å². The molecule has 1 aliphatic heterocycles. The molecule has 1 aliphatic rings. The van der Waals surface area contributed by atoms with Crippen LogP contribution < -0.4 is 5.32 Å². The zero-order valence-electron chi connectivity index (χ0n) is 25.6. The number of hydrogen-bond acceptors (Lipinski definition) is 3. The highest BCUT2D eigenvalue weighted by Crippen LogP contribution is 2.43. The molecule has 2 heterocycles. The molecule has 1 atom stereocenters. The molecule has 0 bridgehead atoms. The molecule has 1 aromatic heterocycles. The number of hydrogen-bond donors (Lipinski definition) is 1. The third-order valence-corrected chi connectivity index (χ3v) is 7.30. The Morgan fingerprint density at radius 1 is 0.952 bits per heavy atom. The van der Waals surface area contributed by atoms with Gasteiger partial charge in [0.05, 0.1) is 24.0 Å². The first-order valence-corrected chi connectivity index (χ1v) is 15.0. The lowest BCUT2D eigenvalue weighted by Gasteiger charge is -2.36. The zero-order chi connectivity index (χ0) is 30.3. The van der Waals surface area contributed by atoms with E-state index in [1.165, 1.54) is 12.1 Å². The summed E-state index contributed by atoms with van der Waals surface area (Å²) in [6, 6.07) is 26.0. The highest BCUT2D eigenvalue weighted by atomic mass is 19.1. The van der Waals surface area contributed by atoms with Gasteiger partial charge in [-0.3, -0.25) is 4.79 Å². The Bertz CT molecular complexity index is 1440. The molecule has 4 aromatic rings. The van der Waals surface area contributed by atoms with E-state index in [-0.39, 0.29) is 23.7 Å². The molecule has 1 fully saturated rings. The Morgan fingerprint density at radius 3 is 2.17 bits per heavy atom. The maximum Gasteiger partial charge on any atom is 0.258 e. The van der Waals surface area contributed by atoms with E-state index >= 15 is 0 Å². The predicted molar refractivity (Wildman–Crippen MR) is 169 cm³/mol. The number of amides is 1. The number of carbonyl (C=O) groups excluding carboxylic acids is 1. The van der Waals surface area contributed by atoms with E-state index in [2.05, 4.69) is 23.7 Å². The summed E-state index contributed by atoms with van der Waals surface area (Å²) in [5.41, 5.74) is 5.85. The van der Waals surface area contributed by atoms with Gasteiger partial charge in [-0.25, -0.2) is 4.39 Å². The first-order chi connectivity index (χ1) is 20.2. The highest BCUT2D eigenvalue weighted by molar-refractivity contribution is 6.12. The van der Waals surface area contributed by atoms with Crippen molar-refractivity contribution in [1.82, 2.24) is 4.57 Å². The molecule has 1 amide bonds. The average Bonchev–Trinajstić information content (AvgIpc) is 3.34. The fourth-order valence-corrected chi connectivity index (χ4v) is 5.62. The highest BCUT2D eigenvalue weighted by Gasteiger charge is 2.33. The van der Waals surface area contributed by atoms with Crippen molar-refractivity contribution in [2.24, 2.45) is 0 Å². The lowest BCUT2D eigenvalue weighted by molar-refractivity contribution is -0.274. The largest absolute Gasteiger partial charge is 0.350 e. The van der Waals surface area contributed by atoms with Gasteiger partial charge in [0.1, 0.15) is 5.82 Å². The van der Waals surface area contributed by atoms with Crippen LogP contribution in [0.15, 0.2) is 84.9 Å². The summed E-state index contributed by atoms with van der Waals surface area (Å²) in [5.74, 6) is -1.05. The summed E-state index contributed by atoms with van der Waals surface area (Å²) in [4.78, 5) is 14.1. The first-order valence-electron chi connectivity index (χ1n) is 15.0. The predicted octanol–water partition coefficient (Wildman–Crippen LogP) is 9.29. The summed E-state index contributed by atoms with van der Waals surface area (Å²) in [7, 11) is 0. The number of nitrogens with zero attached hydrogens (tertiary/aromatic N) is 1. The number of aromatic nitrogens is 1. The maximum absolute atomic E-state index is 14.1. The van der Waals surface area contributed by atoms with Gasteiger partial charge in [-0.15, -0.1) is 0 Å². The van der Waals surface area contributed by atoms with Crippen molar-refractivity contribution in [1.29, 1.82) is 0 Å². The van der Waals surface area contributed by atoms with Crippen LogP contribution in [-0.4, -0.2) is 29.0 Å². The molecule has 0 saturated carbocycles. The van der Waals surface area contributed by atoms with Gasteiger partial charge < -0.3 is 19.4 Å². The first kappa shape index (κ1) is 31.2. The molecule has 5 nitrogen and oxygen atoms in total. The Hall–Kier alpha value is -3.74. The summed E-state index contributed by atoms with van der Waals surface area (Å²) in [6.45, 7) is 13.4. The van der Waals surface area contributed by atoms with E-state index in [1.807, 2.05) is 88.4 Å². The van der Waals surface area contributed by atoms with Crippen LogP contribution in [0.5, 0.6) is 0 Å². The van der Waals surface area contributed by atoms with Crippen molar-refractivity contribution >= 4 is 11.6 Å². The normalized spacial score (nSPS) is 16.0. The topological polar surface area (TPSA) is 52.5 Å². The van der Waals surface area contributed by atoms with Gasteiger partial charge in [-0.2, -0.15) is 0 Å². The second-order valence-electron chi connectivity index (χ2n) is 11.0. The van der Waals surface area contributed by atoms with E-state index in [9.17, 15) is 9.18 Å². The van der Waals surface area contributed by atoms with Crippen LogP contribution in [-0.2, 0) is 16.0 Å². The molecule has 6 heteroatoms. The van der Waals surface area contributed by atoms with Crippen LogP contribution in [0, 0.1) is 5.82 Å². The minimum absolute atomic E-state index is 0.0222. The number of benzene rings is 3. The summed E-state index contributed by atoms with van der Waals surface area (Å²) >= 11 is 0. The quantitative estimate of drug-likeness (QED) is 0.230. The van der Waals surface area contributed by atoms with E-state index in [1.54, 1.807) is 12.1 Å². The summed E-state index contributed by atoms with van der Waals surface area (Å²) in [6.07, 6.45) is 1.58. The van der Waals surface area contributed by atoms with E-state index < -0.39 is 5.79 Å². The SMILES string of the molecule is CC.CC(C)c1c(C(=O)Nc2ccccc2)c(-c2ccccc2)c(-c2ccc(F)cc2)n1CC[C@@H]1CCOC(C)(C)O1. The van der Waals surface area contributed by atoms with Crippen LogP contribution in [0.1, 0.15) is 76.4 Å². The smallest absolute Gasteiger partial charge is 0.258 e. The summed E-state index contributed by atoms with van der Waals surface area (Å²) < 4.78 is 28.3. The van der Waals surface area contributed by atoms with Crippen LogP contribution in [0.25, 0.3) is 22.4 Å². The molecule has 3 aromatic carbocycles. The van der Waals surface area contributed by atoms with Crippen molar-refractivity contribution < 1.29 is 18.7 Å². The average molecular weight is 571 g/mol. The minimum atomic E-state index is -0.629. The molecule has 0 spiro atoms. The van der Waals surface area contributed by atoms with Crippen molar-refractivity contribution in [3.63, 3.8) is 0 Å². The fourth-order valence-electron chi connectivity index (χ4n) is 5.62. The molecule has 1 saturated heterocycles. The molecule has 222 valence electrons. The Labute approximate surface area is 249 Å². The van der Waals surface area contributed by atoms with Crippen LogP contribution >= 0.6 is 0 Å². The van der Waals surface area contributed by atoms with Crippen LogP contribution in [0.3, 0.4) is 0 Å². The Kier molecular flexibility index (Phi) is 10.4. The van der Waals surface area contributed by atoms with Gasteiger partial charge in [-0.05, 0) is 80.1 Å². The minimum Gasteiger partial charge on any atom is -0.350 e. The number of carbonyl (C=O) groups is 1. The second-order valence-corrected chi connectivity index (χ2v) is 11.0. The van der Waals surface area contributed by atoms with Crippen molar-refractivity contribution in [2.75, 3.05) is 11.9 Å². The monoisotopic (exact) mass is 570 g/mol. The molecule has 1 N–H and O–H groups in total. The molecule has 0 radical (unpaired) electrons. The fraction of sp³-hybridized carbons (Fsp3) is 0.361. The van der Waals surface area contributed by atoms with Gasteiger partial charge in [0, 0.05) is 23.5 Å². The lowest BCUT2D eigenvalue weighted by Crippen LogP contribution is -2.40. The maximum atomic E-state index is 14.1. The summed E-state index contributed by atoms with van der Waals surface area (Å²) in [5, 5.41) is 3.13. The van der Waals surface area contributed by atoms with Crippen molar-refractivity contribution in [2.45, 2.75) is 78.7 Å². The van der Waals surface area contributed by atoms with Crippen molar-refractivity contribution in [3.8, 4) is 22.4 Å². The molecule has 5 rings (SSSR count). The van der Waals surface area contributed by atoms with Gasteiger partial charge in [0.15, 0.2) is 5.79 Å². The molecular weight excluding hydrogens is 527 g/mol.